The second-order valence-electron chi connectivity index (χ2n) is 9.41. The van der Waals surface area contributed by atoms with Gasteiger partial charge < -0.3 is 4.98 Å². The first kappa shape index (κ1) is 21.8. The number of H-pyrrole nitrogens is 2. The van der Waals surface area contributed by atoms with Crippen molar-refractivity contribution < 1.29 is 4.39 Å². The molecular weight excluding hydrogens is 467 g/mol. The first-order valence-electron chi connectivity index (χ1n) is 12.3. The predicted octanol–water partition coefficient (Wildman–Crippen LogP) is 5.36. The molecule has 1 aromatic carbocycles. The van der Waals surface area contributed by atoms with Crippen LogP contribution in [0.2, 0.25) is 0 Å². The second-order valence-corrected chi connectivity index (χ2v) is 9.41. The summed E-state index contributed by atoms with van der Waals surface area (Å²) in [6, 6.07) is 12.5. The number of hydrogen-bond donors (Lipinski definition) is 2. The molecular formula is C28H23FN8. The molecule has 1 aliphatic heterocycles. The fourth-order valence-corrected chi connectivity index (χ4v) is 5.09. The summed E-state index contributed by atoms with van der Waals surface area (Å²) in [7, 11) is 0. The Hall–Kier alpha value is -4.50. The molecule has 6 aromatic rings. The number of likely N-dealkylation sites (tertiary alicyclic amines) is 1. The summed E-state index contributed by atoms with van der Waals surface area (Å²) < 4.78 is 13.9. The molecule has 7 rings (SSSR count). The van der Waals surface area contributed by atoms with Crippen molar-refractivity contribution in [1.29, 1.82) is 0 Å². The van der Waals surface area contributed by atoms with E-state index in [1.165, 1.54) is 30.5 Å². The van der Waals surface area contributed by atoms with Gasteiger partial charge in [0, 0.05) is 41.6 Å². The minimum atomic E-state index is -0.292. The Kier molecular flexibility index (Phi) is 5.21. The maximum atomic E-state index is 13.9. The molecule has 182 valence electrons. The number of nitrogens with zero attached hydrogens (tertiary/aromatic N) is 6. The highest BCUT2D eigenvalue weighted by Gasteiger charge is 2.17. The Morgan fingerprint density at radius 3 is 2.76 bits per heavy atom. The molecule has 0 unspecified atom stereocenters. The van der Waals surface area contributed by atoms with Crippen LogP contribution in [0, 0.1) is 5.82 Å². The lowest BCUT2D eigenvalue weighted by molar-refractivity contribution is 0.331. The maximum Gasteiger partial charge on any atom is 0.178 e. The van der Waals surface area contributed by atoms with E-state index < -0.39 is 0 Å². The molecule has 9 heteroatoms. The van der Waals surface area contributed by atoms with Crippen molar-refractivity contribution in [1.82, 2.24) is 40.0 Å². The summed E-state index contributed by atoms with van der Waals surface area (Å²) in [5.74, 6) is 0.287. The van der Waals surface area contributed by atoms with Crippen LogP contribution in [0.3, 0.4) is 0 Å². The van der Waals surface area contributed by atoms with Crippen LogP contribution >= 0.6 is 0 Å². The van der Waals surface area contributed by atoms with E-state index in [2.05, 4.69) is 41.1 Å². The van der Waals surface area contributed by atoms with Gasteiger partial charge in [0.2, 0.25) is 0 Å². The summed E-state index contributed by atoms with van der Waals surface area (Å²) in [6.45, 7) is 3.18. The van der Waals surface area contributed by atoms with Crippen LogP contribution in [0.25, 0.3) is 56.0 Å². The largest absolute Gasteiger partial charge is 0.335 e. The predicted molar refractivity (Wildman–Crippen MR) is 140 cm³/mol. The van der Waals surface area contributed by atoms with Crippen LogP contribution in [-0.4, -0.2) is 53.1 Å². The highest BCUT2D eigenvalue weighted by Crippen LogP contribution is 2.32. The monoisotopic (exact) mass is 490 g/mol. The van der Waals surface area contributed by atoms with Crippen molar-refractivity contribution in [2.24, 2.45) is 0 Å². The molecule has 6 heterocycles. The van der Waals surface area contributed by atoms with Gasteiger partial charge in [-0.2, -0.15) is 5.10 Å². The minimum absolute atomic E-state index is 0.292. The summed E-state index contributed by atoms with van der Waals surface area (Å²) in [5, 5.41) is 8.48. The Morgan fingerprint density at radius 1 is 0.946 bits per heavy atom. The molecule has 0 saturated carbocycles. The van der Waals surface area contributed by atoms with Crippen LogP contribution in [0.4, 0.5) is 4.39 Å². The van der Waals surface area contributed by atoms with Gasteiger partial charge in [-0.1, -0.05) is 12.1 Å². The van der Waals surface area contributed by atoms with E-state index in [-0.39, 0.29) is 5.82 Å². The van der Waals surface area contributed by atoms with Crippen molar-refractivity contribution in [3.05, 3.63) is 78.6 Å². The lowest BCUT2D eigenvalue weighted by Gasteiger charge is -2.14. The Bertz CT molecular complexity index is 1750. The van der Waals surface area contributed by atoms with Gasteiger partial charge in [-0.15, -0.1) is 0 Å². The number of halogens is 1. The minimum Gasteiger partial charge on any atom is -0.335 e. The summed E-state index contributed by atoms with van der Waals surface area (Å²) >= 11 is 0. The van der Waals surface area contributed by atoms with Gasteiger partial charge in [-0.05, 0) is 67.4 Å². The maximum absolute atomic E-state index is 13.9. The molecule has 0 aliphatic carbocycles. The number of pyridine rings is 3. The van der Waals surface area contributed by atoms with Crippen LogP contribution < -0.4 is 0 Å². The molecule has 0 atom stereocenters. The second kappa shape index (κ2) is 8.86. The molecule has 0 bridgehead atoms. The third-order valence-electron chi connectivity index (χ3n) is 6.89. The first-order valence-corrected chi connectivity index (χ1v) is 12.3. The van der Waals surface area contributed by atoms with E-state index in [9.17, 15) is 4.39 Å². The van der Waals surface area contributed by atoms with Gasteiger partial charge in [0.15, 0.2) is 11.5 Å². The van der Waals surface area contributed by atoms with Gasteiger partial charge in [0.25, 0.3) is 0 Å². The third-order valence-corrected chi connectivity index (χ3v) is 6.89. The van der Waals surface area contributed by atoms with Crippen molar-refractivity contribution in [3.63, 3.8) is 0 Å². The molecule has 37 heavy (non-hydrogen) atoms. The number of benzene rings is 1. The normalized spacial score (nSPS) is 14.2. The van der Waals surface area contributed by atoms with E-state index in [1.54, 1.807) is 18.5 Å². The van der Waals surface area contributed by atoms with E-state index in [1.807, 2.05) is 30.6 Å². The van der Waals surface area contributed by atoms with Crippen molar-refractivity contribution in [2.75, 3.05) is 13.1 Å². The SMILES string of the molecule is Fc1cccc(-c2ccnc3nc(-c4n[nH]c5cnc(-c6cncc(CN7CCCC7)c6)cc45)[nH]c23)c1. The Labute approximate surface area is 211 Å². The summed E-state index contributed by atoms with van der Waals surface area (Å²) in [5.41, 5.74) is 7.29. The lowest BCUT2D eigenvalue weighted by atomic mass is 10.1. The van der Waals surface area contributed by atoms with Crippen LogP contribution in [0.5, 0.6) is 0 Å². The standard InChI is InChI=1S/C28H23FN8/c29-20-5-3-4-18(11-20)21-6-7-31-27-25(21)33-28(34-27)26-22-12-23(32-15-24(22)35-36-26)19-10-17(13-30-14-19)16-37-8-1-2-9-37/h3-7,10-15H,1-2,8-9,16H2,(H,35,36)(H,31,33,34). The van der Waals surface area contributed by atoms with Crippen molar-refractivity contribution >= 4 is 22.1 Å². The quantitative estimate of drug-likeness (QED) is 0.338. The van der Waals surface area contributed by atoms with Crippen molar-refractivity contribution in [3.8, 4) is 33.9 Å². The molecule has 0 amide bonds. The zero-order chi connectivity index (χ0) is 24.8. The zero-order valence-electron chi connectivity index (χ0n) is 19.9. The molecule has 0 spiro atoms. The van der Waals surface area contributed by atoms with Gasteiger partial charge in [0.1, 0.15) is 11.5 Å². The molecule has 0 radical (unpaired) electrons. The number of hydrogen-bond acceptors (Lipinski definition) is 6. The molecule has 1 aliphatic rings. The third kappa shape index (κ3) is 4.03. The van der Waals surface area contributed by atoms with E-state index in [0.717, 1.165) is 58.4 Å². The highest BCUT2D eigenvalue weighted by molar-refractivity contribution is 5.96. The molecule has 1 saturated heterocycles. The highest BCUT2D eigenvalue weighted by atomic mass is 19.1. The topological polar surface area (TPSA) is 99.3 Å². The molecule has 1 fully saturated rings. The van der Waals surface area contributed by atoms with Crippen LogP contribution in [0.1, 0.15) is 18.4 Å². The number of imidazole rings is 1. The number of rotatable bonds is 5. The Balaban J connectivity index is 1.28. The zero-order valence-corrected chi connectivity index (χ0v) is 19.9. The van der Waals surface area contributed by atoms with Gasteiger partial charge in [0.05, 0.1) is 22.9 Å². The van der Waals surface area contributed by atoms with Gasteiger partial charge in [-0.3, -0.25) is 20.0 Å². The van der Waals surface area contributed by atoms with Gasteiger partial charge >= 0.3 is 0 Å². The molecule has 2 N–H and O–H groups in total. The summed E-state index contributed by atoms with van der Waals surface area (Å²) in [4.78, 5) is 24.1. The smallest absolute Gasteiger partial charge is 0.178 e. The number of fused-ring (bicyclic) bond motifs is 2. The number of aromatic amines is 2. The first-order chi connectivity index (χ1) is 18.2. The van der Waals surface area contributed by atoms with Crippen LogP contribution in [0.15, 0.2) is 67.3 Å². The lowest BCUT2D eigenvalue weighted by Crippen LogP contribution is -2.18. The van der Waals surface area contributed by atoms with Crippen LogP contribution in [-0.2, 0) is 6.54 Å². The van der Waals surface area contributed by atoms with Gasteiger partial charge in [-0.25, -0.2) is 14.4 Å². The van der Waals surface area contributed by atoms with Crippen molar-refractivity contribution in [2.45, 2.75) is 19.4 Å². The fourth-order valence-electron chi connectivity index (χ4n) is 5.09. The fraction of sp³-hybridized carbons (Fsp3) is 0.179. The number of aromatic nitrogens is 7. The van der Waals surface area contributed by atoms with E-state index in [4.69, 9.17) is 4.98 Å². The molecule has 8 nitrogen and oxygen atoms in total. The summed E-state index contributed by atoms with van der Waals surface area (Å²) in [6.07, 6.45) is 9.76. The average Bonchev–Trinajstić information content (AvgIpc) is 3.67. The molecule has 5 aromatic heterocycles. The van der Waals surface area contributed by atoms with E-state index in [0.29, 0.717) is 17.2 Å². The van der Waals surface area contributed by atoms with E-state index >= 15 is 0 Å². The average molecular weight is 491 g/mol. The number of nitrogens with one attached hydrogen (secondary N) is 2. The Morgan fingerprint density at radius 2 is 1.86 bits per heavy atom.